The number of esters is 1. The van der Waals surface area contributed by atoms with Gasteiger partial charge in [0.25, 0.3) is 11.9 Å². The lowest BCUT2D eigenvalue weighted by molar-refractivity contribution is -0.296. The van der Waals surface area contributed by atoms with Gasteiger partial charge in [0.15, 0.2) is 28.8 Å². The van der Waals surface area contributed by atoms with E-state index in [9.17, 15) is 50.4 Å². The van der Waals surface area contributed by atoms with Crippen LogP contribution in [0.25, 0.3) is 6.08 Å². The first-order valence-corrected chi connectivity index (χ1v) is 11.3. The molecular weight excluding hydrogens is 528 g/mol. The highest BCUT2D eigenvalue weighted by Gasteiger charge is 2.47. The first kappa shape index (κ1) is 27.6. The van der Waals surface area contributed by atoms with Crippen molar-refractivity contribution in [2.75, 3.05) is 6.61 Å². The molecule has 2 heterocycles. The van der Waals surface area contributed by atoms with Crippen LogP contribution in [0.2, 0.25) is 0 Å². The molecule has 0 bridgehead atoms. The number of phenols is 5. The largest absolute Gasteiger partial charge is 0.571 e. The van der Waals surface area contributed by atoms with Crippen LogP contribution in [0.3, 0.4) is 0 Å². The molecule has 0 aliphatic carbocycles. The number of carbonyl (C=O) groups excluding carboxylic acids is 1. The first-order chi connectivity index (χ1) is 18.4. The van der Waals surface area contributed by atoms with E-state index in [1.54, 1.807) is 0 Å². The van der Waals surface area contributed by atoms with Gasteiger partial charge in [0.1, 0.15) is 43.0 Å². The lowest BCUT2D eigenvalue weighted by Crippen LogP contribution is -2.59. The minimum atomic E-state index is -1.87. The molecule has 15 heteroatoms. The molecule has 4 rings (SSSR count). The van der Waals surface area contributed by atoms with Crippen molar-refractivity contribution in [3.8, 4) is 34.5 Å². The summed E-state index contributed by atoms with van der Waals surface area (Å²) in [5, 5.41) is 89.7. The fourth-order valence-corrected chi connectivity index (χ4v) is 4.00. The summed E-state index contributed by atoms with van der Waals surface area (Å²) in [6.45, 7) is -0.702. The molecule has 10 N–H and O–H groups in total. The van der Waals surface area contributed by atoms with Gasteiger partial charge in [-0.2, -0.15) is 0 Å². The number of aliphatic carboxylic acids is 1. The van der Waals surface area contributed by atoms with Crippen LogP contribution in [0.4, 0.5) is 0 Å². The number of aliphatic hydroxyl groups is 4. The Bertz CT molecular complexity index is 1300. The number of benzene rings is 2. The summed E-state index contributed by atoms with van der Waals surface area (Å²) >= 11 is 0. The lowest BCUT2D eigenvalue weighted by atomic mass is 9.98. The summed E-state index contributed by atoms with van der Waals surface area (Å²) in [6.07, 6.45) is -9.65. The molecule has 1 fully saturated rings. The van der Waals surface area contributed by atoms with E-state index in [1.165, 1.54) is 12.1 Å². The Morgan fingerprint density at radius 2 is 1.62 bits per heavy atom. The van der Waals surface area contributed by atoms with E-state index in [4.69, 9.17) is 19.3 Å². The summed E-state index contributed by atoms with van der Waals surface area (Å²) in [7, 11) is 0. The van der Waals surface area contributed by atoms with Crippen LogP contribution in [0.5, 0.6) is 34.5 Å². The van der Waals surface area contributed by atoms with E-state index in [-0.39, 0.29) is 22.6 Å². The Labute approximate surface area is 218 Å². The molecule has 0 spiro atoms. The monoisotopic (exact) mass is 553 g/mol. The molecule has 0 amide bonds. The van der Waals surface area contributed by atoms with Gasteiger partial charge in [-0.05, 0) is 18.2 Å². The molecule has 2 aromatic rings. The molecule has 15 nitrogen and oxygen atoms in total. The number of carbonyl (C=O) groups is 2. The average Bonchev–Trinajstić information content (AvgIpc) is 2.88. The molecule has 6 atom stereocenters. The summed E-state index contributed by atoms with van der Waals surface area (Å²) < 4.78 is 20.4. The minimum Gasteiger partial charge on any atom is -0.571 e. The summed E-state index contributed by atoms with van der Waals surface area (Å²) in [4.78, 5) is 22.3. The summed E-state index contributed by atoms with van der Waals surface area (Å²) in [6, 6.07) is 4.73. The van der Waals surface area contributed by atoms with Crippen LogP contribution in [0.15, 0.2) is 30.0 Å². The second-order valence-electron chi connectivity index (χ2n) is 8.74. The van der Waals surface area contributed by atoms with Gasteiger partial charge in [0, 0.05) is 6.08 Å². The summed E-state index contributed by atoms with van der Waals surface area (Å²) in [5.41, 5.74) is 0.115. The van der Waals surface area contributed by atoms with Gasteiger partial charge < -0.3 is 64.9 Å². The standard InChI is InChI=1S/C24H24O15/c25-10-2-1-8(3-11(10)26)23-14(4-9-13(37-23)5-12(27)19(32)18(9)31)38-24-22(35)21(34)20(33)15(39-24)7-36-17(30)6-16(28)29/h1-5,15,20-27,31-35H,6-7H2,(H,28,29)/p+1. The minimum absolute atomic E-state index is 0.00324. The number of phenolic OH excluding ortho intramolecular Hbond substituents is 5. The lowest BCUT2D eigenvalue weighted by Gasteiger charge is -2.40. The highest BCUT2D eigenvalue weighted by atomic mass is 16.7. The van der Waals surface area contributed by atoms with Gasteiger partial charge in [0.05, 0.1) is 11.6 Å². The maximum absolute atomic E-state index is 11.6. The third kappa shape index (κ3) is 5.56. The number of fused-ring (bicyclic) bond motifs is 1. The van der Waals surface area contributed by atoms with Crippen LogP contribution in [-0.4, -0.2) is 99.9 Å². The zero-order chi connectivity index (χ0) is 28.6. The van der Waals surface area contributed by atoms with E-state index >= 15 is 0 Å². The van der Waals surface area contributed by atoms with Crippen molar-refractivity contribution in [1.82, 2.24) is 0 Å². The number of aliphatic hydroxyl groups excluding tert-OH is 3. The normalized spacial score (nSPS) is 26.1. The molecule has 0 aromatic heterocycles. The van der Waals surface area contributed by atoms with Crippen molar-refractivity contribution in [3.63, 3.8) is 0 Å². The maximum atomic E-state index is 11.6. The fraction of sp³-hybridized carbons (Fsp3) is 0.333. The number of aromatic hydroxyl groups is 6. The van der Waals surface area contributed by atoms with Crippen LogP contribution >= 0.6 is 0 Å². The Balaban J connectivity index is 1.66. The van der Waals surface area contributed by atoms with Crippen LogP contribution in [0, 0.1) is 0 Å². The number of carboxylic acids is 1. The Hall–Kier alpha value is -4.44. The van der Waals surface area contributed by atoms with E-state index in [1.807, 2.05) is 0 Å². The number of hydrogen-bond donors (Lipinski definition) is 9. The van der Waals surface area contributed by atoms with E-state index in [2.05, 4.69) is 4.74 Å². The van der Waals surface area contributed by atoms with E-state index < -0.39 is 90.5 Å². The van der Waals surface area contributed by atoms with Gasteiger partial charge in [0.2, 0.25) is 12.0 Å². The van der Waals surface area contributed by atoms with Gasteiger partial charge in [-0.3, -0.25) is 9.59 Å². The molecule has 1 saturated heterocycles. The Kier molecular flexibility index (Phi) is 7.60. The third-order valence-electron chi connectivity index (χ3n) is 6.04. The molecule has 0 saturated carbocycles. The smallest absolute Gasteiger partial charge is 0.317 e. The molecule has 6 unspecified atom stereocenters. The van der Waals surface area contributed by atoms with Gasteiger partial charge in [-0.15, -0.1) is 0 Å². The van der Waals surface area contributed by atoms with Crippen molar-refractivity contribution in [1.29, 1.82) is 0 Å². The van der Waals surface area contributed by atoms with Gasteiger partial charge in [-0.25, -0.2) is 0 Å². The third-order valence-corrected chi connectivity index (χ3v) is 6.04. The van der Waals surface area contributed by atoms with Crippen LogP contribution < -0.4 is 0 Å². The van der Waals surface area contributed by atoms with Gasteiger partial charge >= 0.3 is 11.9 Å². The average molecular weight is 553 g/mol. The zero-order valence-electron chi connectivity index (χ0n) is 19.8. The van der Waals surface area contributed by atoms with Crippen molar-refractivity contribution in [2.45, 2.75) is 43.2 Å². The highest BCUT2D eigenvalue weighted by Crippen LogP contribution is 2.50. The van der Waals surface area contributed by atoms with Crippen LogP contribution in [0.1, 0.15) is 23.7 Å². The van der Waals surface area contributed by atoms with Crippen molar-refractivity contribution >= 4 is 18.0 Å². The Morgan fingerprint density at radius 3 is 2.28 bits per heavy atom. The van der Waals surface area contributed by atoms with Crippen molar-refractivity contribution in [2.24, 2.45) is 0 Å². The molecule has 2 aliphatic rings. The van der Waals surface area contributed by atoms with Crippen LogP contribution in [-0.2, 0) is 23.8 Å². The molecular formula is C24H25O15+. The predicted octanol–water partition coefficient (Wildman–Crippen LogP) is -0.606. The predicted molar refractivity (Wildman–Crippen MR) is 125 cm³/mol. The molecule has 2 aliphatic heterocycles. The second-order valence-corrected chi connectivity index (χ2v) is 8.74. The van der Waals surface area contributed by atoms with E-state index in [0.29, 0.717) is 0 Å². The first-order valence-electron chi connectivity index (χ1n) is 11.3. The number of rotatable bonds is 7. The molecule has 39 heavy (non-hydrogen) atoms. The quantitative estimate of drug-likeness (QED) is 0.0682. The summed E-state index contributed by atoms with van der Waals surface area (Å²) in [5.74, 6) is -6.02. The van der Waals surface area contributed by atoms with Crippen molar-refractivity contribution < 1.29 is 74.5 Å². The zero-order valence-corrected chi connectivity index (χ0v) is 19.8. The molecule has 210 valence electrons. The second kappa shape index (κ2) is 10.7. The molecule has 2 aromatic carbocycles. The molecule has 0 radical (unpaired) electrons. The number of carboxylic acid groups (broad SMARTS) is 1. The van der Waals surface area contributed by atoms with E-state index in [0.717, 1.165) is 18.2 Å². The number of hydrogen-bond acceptors (Lipinski definition) is 13. The fourth-order valence-electron chi connectivity index (χ4n) is 4.00. The number of ether oxygens (including phenoxy) is 4. The van der Waals surface area contributed by atoms with Crippen molar-refractivity contribution in [3.05, 3.63) is 41.2 Å². The topological polar surface area (TPSA) is 257 Å². The Morgan fingerprint density at radius 1 is 0.897 bits per heavy atom. The maximum Gasteiger partial charge on any atom is 0.317 e. The highest BCUT2D eigenvalue weighted by molar-refractivity contribution is 5.90. The van der Waals surface area contributed by atoms with Gasteiger partial charge in [-0.1, -0.05) is 0 Å². The SMILES string of the molecule is O=C(O)CC(=O)OCC1OC(OC2=Cc3c(cc(O)c(O)c3O)[OH+]C2c2ccc(O)c(O)c2)C(O)C(O)C1O.